The average Bonchev–Trinajstić information content (AvgIpc) is 3.07. The summed E-state index contributed by atoms with van der Waals surface area (Å²) in [5.74, 6) is 0.0891. The number of carbonyl (C=O) groups is 1. The number of thiophene rings is 1. The Balaban J connectivity index is 1.72. The molecule has 1 N–H and O–H groups in total. The molecule has 2 aromatic rings. The van der Waals surface area contributed by atoms with Crippen molar-refractivity contribution in [3.63, 3.8) is 0 Å². The van der Waals surface area contributed by atoms with E-state index in [1.54, 1.807) is 0 Å². The lowest BCUT2D eigenvalue weighted by Gasteiger charge is -2.21. The standard InChI is InChI=1S/C15H21N3O3S/c1-9(2)13-10-8-11(22-15(10)18(3)16-13)14(19)17-21-12-6-4-5-7-20-12/h8-9,12H,4-7H2,1-3H3,(H,17,19)/t12-/m1/s1. The van der Waals surface area contributed by atoms with Gasteiger partial charge >= 0.3 is 0 Å². The summed E-state index contributed by atoms with van der Waals surface area (Å²) in [7, 11) is 1.90. The van der Waals surface area contributed by atoms with Gasteiger partial charge < -0.3 is 4.74 Å². The van der Waals surface area contributed by atoms with Gasteiger partial charge in [0.25, 0.3) is 5.91 Å². The maximum absolute atomic E-state index is 12.2. The minimum atomic E-state index is -0.333. The Morgan fingerprint density at radius 3 is 3.05 bits per heavy atom. The fraction of sp³-hybridized carbons (Fsp3) is 0.600. The van der Waals surface area contributed by atoms with Gasteiger partial charge in [-0.2, -0.15) is 5.10 Å². The van der Waals surface area contributed by atoms with E-state index < -0.39 is 0 Å². The molecule has 3 rings (SSSR count). The smallest absolute Gasteiger partial charge is 0.285 e. The molecule has 3 heterocycles. The summed E-state index contributed by atoms with van der Waals surface area (Å²) < 4.78 is 7.26. The number of nitrogens with one attached hydrogen (secondary N) is 1. The van der Waals surface area contributed by atoms with Crippen molar-refractivity contribution in [1.82, 2.24) is 15.3 Å². The summed E-state index contributed by atoms with van der Waals surface area (Å²) in [5, 5.41) is 5.56. The number of fused-ring (bicyclic) bond motifs is 1. The summed E-state index contributed by atoms with van der Waals surface area (Å²) in [5.41, 5.74) is 3.52. The molecule has 6 nitrogen and oxygen atoms in total. The van der Waals surface area contributed by atoms with Gasteiger partial charge in [0.1, 0.15) is 4.83 Å². The van der Waals surface area contributed by atoms with E-state index in [9.17, 15) is 4.79 Å². The summed E-state index contributed by atoms with van der Waals surface area (Å²) in [6.07, 6.45) is 2.59. The van der Waals surface area contributed by atoms with Crippen molar-refractivity contribution >= 4 is 27.5 Å². The number of hydroxylamine groups is 1. The van der Waals surface area contributed by atoms with E-state index in [4.69, 9.17) is 9.57 Å². The molecule has 120 valence electrons. The van der Waals surface area contributed by atoms with E-state index in [1.807, 2.05) is 17.8 Å². The highest BCUT2D eigenvalue weighted by Gasteiger charge is 2.20. The number of ether oxygens (including phenoxy) is 1. The van der Waals surface area contributed by atoms with Gasteiger partial charge in [0, 0.05) is 25.5 Å². The molecule has 0 unspecified atom stereocenters. The van der Waals surface area contributed by atoms with Crippen molar-refractivity contribution in [2.45, 2.75) is 45.3 Å². The van der Waals surface area contributed by atoms with Crippen molar-refractivity contribution in [1.29, 1.82) is 0 Å². The average molecular weight is 323 g/mol. The Hall–Kier alpha value is -1.44. The molecule has 0 aliphatic carbocycles. The molecule has 1 saturated heterocycles. The second-order valence-electron chi connectivity index (χ2n) is 5.84. The molecule has 0 radical (unpaired) electrons. The number of nitrogens with zero attached hydrogens (tertiary/aromatic N) is 2. The van der Waals surface area contributed by atoms with Gasteiger partial charge in [-0.15, -0.1) is 11.3 Å². The molecule has 1 aliphatic rings. The summed E-state index contributed by atoms with van der Waals surface area (Å²) in [6, 6.07) is 1.89. The highest BCUT2D eigenvalue weighted by atomic mass is 32.1. The molecule has 1 atom stereocenters. The first-order chi connectivity index (χ1) is 10.6. The SMILES string of the molecule is CC(C)c1nn(C)c2sc(C(=O)NO[C@@H]3CCCCO3)cc12. The Labute approximate surface area is 133 Å². The van der Waals surface area contributed by atoms with Crippen LogP contribution in [0.25, 0.3) is 10.2 Å². The van der Waals surface area contributed by atoms with Crippen LogP contribution in [0.3, 0.4) is 0 Å². The Morgan fingerprint density at radius 2 is 2.36 bits per heavy atom. The summed E-state index contributed by atoms with van der Waals surface area (Å²) >= 11 is 1.42. The highest BCUT2D eigenvalue weighted by molar-refractivity contribution is 7.20. The van der Waals surface area contributed by atoms with Crippen LogP contribution in [-0.4, -0.2) is 28.6 Å². The second kappa shape index (κ2) is 6.36. The van der Waals surface area contributed by atoms with Crippen LogP contribution in [0, 0.1) is 0 Å². The van der Waals surface area contributed by atoms with Gasteiger partial charge in [0.05, 0.1) is 10.6 Å². The fourth-order valence-corrected chi connectivity index (χ4v) is 3.54. The van der Waals surface area contributed by atoms with Crippen molar-refractivity contribution in [3.05, 3.63) is 16.6 Å². The number of rotatable bonds is 4. The van der Waals surface area contributed by atoms with Crippen LogP contribution >= 0.6 is 11.3 Å². The molecule has 1 fully saturated rings. The first-order valence-electron chi connectivity index (χ1n) is 7.60. The van der Waals surface area contributed by atoms with Crippen molar-refractivity contribution < 1.29 is 14.4 Å². The van der Waals surface area contributed by atoms with Crippen molar-refractivity contribution in [2.75, 3.05) is 6.61 Å². The number of aromatic nitrogens is 2. The summed E-state index contributed by atoms with van der Waals surface area (Å²) in [6.45, 7) is 4.89. The number of hydrogen-bond donors (Lipinski definition) is 1. The molecule has 7 heteroatoms. The molecule has 2 aromatic heterocycles. The molecule has 1 amide bonds. The number of amides is 1. The molecule has 0 bridgehead atoms. The van der Waals surface area contributed by atoms with Crippen LogP contribution < -0.4 is 5.48 Å². The van der Waals surface area contributed by atoms with Crippen LogP contribution in [0.1, 0.15) is 54.4 Å². The number of carbonyl (C=O) groups excluding carboxylic acids is 1. The first kappa shape index (κ1) is 15.5. The third-order valence-corrected chi connectivity index (χ3v) is 4.93. The minimum absolute atomic E-state index is 0.231. The highest BCUT2D eigenvalue weighted by Crippen LogP contribution is 2.31. The molecule has 0 aromatic carbocycles. The molecular formula is C15H21N3O3S. The second-order valence-corrected chi connectivity index (χ2v) is 6.87. The van der Waals surface area contributed by atoms with E-state index in [1.165, 1.54) is 11.3 Å². The molecule has 22 heavy (non-hydrogen) atoms. The van der Waals surface area contributed by atoms with Gasteiger partial charge in [-0.1, -0.05) is 13.8 Å². The molecule has 0 saturated carbocycles. The largest absolute Gasteiger partial charge is 0.350 e. The lowest BCUT2D eigenvalue weighted by molar-refractivity contribution is -0.186. The third-order valence-electron chi connectivity index (χ3n) is 3.73. The van der Waals surface area contributed by atoms with Gasteiger partial charge in [-0.05, 0) is 24.8 Å². The Bertz CT molecular complexity index is 671. The van der Waals surface area contributed by atoms with Gasteiger partial charge in [0.15, 0.2) is 6.29 Å². The van der Waals surface area contributed by atoms with E-state index in [2.05, 4.69) is 24.4 Å². The lowest BCUT2D eigenvalue weighted by Crippen LogP contribution is -2.32. The Kier molecular flexibility index (Phi) is 4.46. The topological polar surface area (TPSA) is 65.4 Å². The zero-order chi connectivity index (χ0) is 15.7. The van der Waals surface area contributed by atoms with Crippen LogP contribution in [0.15, 0.2) is 6.07 Å². The third kappa shape index (κ3) is 3.02. The van der Waals surface area contributed by atoms with E-state index in [0.29, 0.717) is 17.4 Å². The molecular weight excluding hydrogens is 302 g/mol. The maximum Gasteiger partial charge on any atom is 0.285 e. The van der Waals surface area contributed by atoms with E-state index >= 15 is 0 Å². The fourth-order valence-electron chi connectivity index (χ4n) is 2.58. The predicted molar refractivity (Wildman–Crippen MR) is 84.8 cm³/mol. The molecule has 0 spiro atoms. The zero-order valence-electron chi connectivity index (χ0n) is 13.1. The molecule has 1 aliphatic heterocycles. The lowest BCUT2D eigenvalue weighted by atomic mass is 10.1. The van der Waals surface area contributed by atoms with Gasteiger partial charge in [0.2, 0.25) is 0 Å². The van der Waals surface area contributed by atoms with Crippen LogP contribution in [0.4, 0.5) is 0 Å². The van der Waals surface area contributed by atoms with Crippen LogP contribution in [0.2, 0.25) is 0 Å². The summed E-state index contributed by atoms with van der Waals surface area (Å²) in [4.78, 5) is 19.2. The minimum Gasteiger partial charge on any atom is -0.350 e. The monoisotopic (exact) mass is 323 g/mol. The maximum atomic E-state index is 12.2. The number of aryl methyl sites for hydroxylation is 1. The van der Waals surface area contributed by atoms with E-state index in [0.717, 1.165) is 35.2 Å². The first-order valence-corrected chi connectivity index (χ1v) is 8.42. The zero-order valence-corrected chi connectivity index (χ0v) is 13.9. The predicted octanol–water partition coefficient (Wildman–Crippen LogP) is 2.95. The Morgan fingerprint density at radius 1 is 1.55 bits per heavy atom. The van der Waals surface area contributed by atoms with Crippen molar-refractivity contribution in [3.8, 4) is 0 Å². The van der Waals surface area contributed by atoms with Crippen LogP contribution in [-0.2, 0) is 16.6 Å². The van der Waals surface area contributed by atoms with Crippen LogP contribution in [0.5, 0.6) is 0 Å². The van der Waals surface area contributed by atoms with Gasteiger partial charge in [-0.25, -0.2) is 10.3 Å². The number of hydrogen-bond acceptors (Lipinski definition) is 5. The van der Waals surface area contributed by atoms with Gasteiger partial charge in [-0.3, -0.25) is 9.48 Å². The van der Waals surface area contributed by atoms with E-state index in [-0.39, 0.29) is 12.2 Å². The normalized spacial score (nSPS) is 19.0. The van der Waals surface area contributed by atoms with Crippen molar-refractivity contribution in [2.24, 2.45) is 7.05 Å². The quantitative estimate of drug-likeness (QED) is 0.879.